The number of fused-ring (bicyclic) bond motifs is 2. The van der Waals surface area contributed by atoms with Crippen molar-refractivity contribution < 1.29 is 38.1 Å². The van der Waals surface area contributed by atoms with Gasteiger partial charge >= 0.3 is 5.97 Å². The zero-order valence-corrected chi connectivity index (χ0v) is 25.8. The lowest BCUT2D eigenvalue weighted by Crippen LogP contribution is -2.61. The van der Waals surface area contributed by atoms with E-state index in [9.17, 15) is 19.2 Å². The lowest BCUT2D eigenvalue weighted by atomic mass is 9.64. The van der Waals surface area contributed by atoms with Gasteiger partial charge in [-0.25, -0.2) is 0 Å². The summed E-state index contributed by atoms with van der Waals surface area (Å²) < 4.78 is 23.2. The van der Waals surface area contributed by atoms with Crippen LogP contribution in [0, 0.1) is 23.2 Å². The molecule has 0 bridgehead atoms. The number of amides is 3. The molecule has 1 aromatic rings. The van der Waals surface area contributed by atoms with E-state index in [1.807, 2.05) is 29.2 Å². The standard InChI is InChI=1S/C33H43N3O8/c1-20(2)25-16-27-33(32(40)41-3,30(44-25)22-8-9-22)17-23(15-28(37)34-11-5-13-35-12-4-6-29(35)38)31(39)36(27)18-21-7-10-24-26(14-21)43-19-42-24/h7,10,14,16,20,22-23,25,30H,4-6,8-9,11-13,15,17-19H2,1-3H3,(H,34,37)/t23-,25+,30+,33+/m0/s1. The molecular formula is C33H43N3O8. The van der Waals surface area contributed by atoms with E-state index in [4.69, 9.17) is 18.9 Å². The van der Waals surface area contributed by atoms with Gasteiger partial charge in [-0.05, 0) is 67.7 Å². The van der Waals surface area contributed by atoms with Crippen molar-refractivity contribution in [2.75, 3.05) is 33.5 Å². The second kappa shape index (κ2) is 12.4. The van der Waals surface area contributed by atoms with Crippen LogP contribution in [0.5, 0.6) is 11.5 Å². The molecule has 1 aromatic carbocycles. The van der Waals surface area contributed by atoms with Crippen molar-refractivity contribution in [3.05, 3.63) is 35.5 Å². The number of carbonyl (C=O) groups excluding carboxylic acids is 4. The molecule has 4 atom stereocenters. The van der Waals surface area contributed by atoms with Crippen molar-refractivity contribution in [3.8, 4) is 11.5 Å². The van der Waals surface area contributed by atoms with Crippen LogP contribution in [0.1, 0.15) is 64.4 Å². The summed E-state index contributed by atoms with van der Waals surface area (Å²) in [6.07, 6.45) is 5.24. The third-order valence-electron chi connectivity index (χ3n) is 9.61. The molecule has 3 fully saturated rings. The summed E-state index contributed by atoms with van der Waals surface area (Å²) >= 11 is 0. The molecule has 2 saturated heterocycles. The summed E-state index contributed by atoms with van der Waals surface area (Å²) in [5, 5.41) is 2.94. The van der Waals surface area contributed by atoms with Gasteiger partial charge in [-0.3, -0.25) is 19.2 Å². The largest absolute Gasteiger partial charge is 0.468 e. The fourth-order valence-corrected chi connectivity index (χ4v) is 7.17. The molecular weight excluding hydrogens is 566 g/mol. The molecule has 1 aliphatic carbocycles. The summed E-state index contributed by atoms with van der Waals surface area (Å²) in [5.74, 6) is 0.0518. The highest BCUT2D eigenvalue weighted by Gasteiger charge is 2.63. The number of hydrogen-bond acceptors (Lipinski definition) is 8. The first kappa shape index (κ1) is 30.4. The van der Waals surface area contributed by atoms with Crippen molar-refractivity contribution in [1.29, 1.82) is 0 Å². The van der Waals surface area contributed by atoms with E-state index in [0.717, 1.165) is 31.4 Å². The first-order chi connectivity index (χ1) is 21.2. The average molecular weight is 610 g/mol. The third-order valence-corrected chi connectivity index (χ3v) is 9.61. The van der Waals surface area contributed by atoms with Gasteiger partial charge in [0.2, 0.25) is 24.5 Å². The summed E-state index contributed by atoms with van der Waals surface area (Å²) in [4.78, 5) is 56.9. The van der Waals surface area contributed by atoms with Gasteiger partial charge < -0.3 is 34.1 Å². The summed E-state index contributed by atoms with van der Waals surface area (Å²) in [5.41, 5.74) is 0.215. The Hall–Kier alpha value is -3.60. The zero-order chi connectivity index (χ0) is 31.0. The smallest absolute Gasteiger partial charge is 0.320 e. The first-order valence-electron chi connectivity index (χ1n) is 15.9. The van der Waals surface area contributed by atoms with E-state index in [1.54, 1.807) is 4.90 Å². The number of hydrogen-bond donors (Lipinski definition) is 1. The Morgan fingerprint density at radius 2 is 1.95 bits per heavy atom. The summed E-state index contributed by atoms with van der Waals surface area (Å²) in [6, 6.07) is 5.57. The topological polar surface area (TPSA) is 124 Å². The van der Waals surface area contributed by atoms with E-state index in [-0.39, 0.29) is 61.8 Å². The Morgan fingerprint density at radius 1 is 1.16 bits per heavy atom. The highest BCUT2D eigenvalue weighted by Crippen LogP contribution is 2.57. The van der Waals surface area contributed by atoms with Crippen LogP contribution in [0.3, 0.4) is 0 Å². The van der Waals surface area contributed by atoms with Crippen molar-refractivity contribution in [1.82, 2.24) is 15.1 Å². The number of methoxy groups -OCH3 is 1. The Balaban J connectivity index is 1.28. The average Bonchev–Trinajstić information content (AvgIpc) is 3.61. The van der Waals surface area contributed by atoms with Gasteiger partial charge in [0.25, 0.3) is 0 Å². The third kappa shape index (κ3) is 5.78. The molecule has 238 valence electrons. The molecule has 1 saturated carbocycles. The lowest BCUT2D eigenvalue weighted by Gasteiger charge is -2.53. The minimum atomic E-state index is -1.22. The first-order valence-corrected chi connectivity index (χ1v) is 15.9. The molecule has 5 aliphatic rings. The van der Waals surface area contributed by atoms with E-state index in [2.05, 4.69) is 19.2 Å². The quantitative estimate of drug-likeness (QED) is 0.300. The summed E-state index contributed by atoms with van der Waals surface area (Å²) in [7, 11) is 1.37. The molecule has 0 spiro atoms. The van der Waals surface area contributed by atoms with E-state index < -0.39 is 23.4 Å². The van der Waals surface area contributed by atoms with Crippen molar-refractivity contribution >= 4 is 23.7 Å². The molecule has 4 aliphatic heterocycles. The van der Waals surface area contributed by atoms with E-state index in [1.165, 1.54) is 7.11 Å². The molecule has 11 heteroatoms. The second-order valence-electron chi connectivity index (χ2n) is 13.0. The fraction of sp³-hybridized carbons (Fsp3) is 0.636. The van der Waals surface area contributed by atoms with Gasteiger partial charge in [0.05, 0.1) is 25.9 Å². The molecule has 0 unspecified atom stereocenters. The maximum Gasteiger partial charge on any atom is 0.320 e. The number of nitrogens with zero attached hydrogens (tertiary/aromatic N) is 2. The summed E-state index contributed by atoms with van der Waals surface area (Å²) in [6.45, 7) is 6.23. The van der Waals surface area contributed by atoms with Crippen LogP contribution in [-0.2, 0) is 35.2 Å². The predicted octanol–water partition coefficient (Wildman–Crippen LogP) is 3.16. The molecule has 44 heavy (non-hydrogen) atoms. The maximum atomic E-state index is 14.3. The Kier molecular flexibility index (Phi) is 8.59. The van der Waals surface area contributed by atoms with Crippen LogP contribution in [0.25, 0.3) is 0 Å². The zero-order valence-electron chi connectivity index (χ0n) is 25.8. The van der Waals surface area contributed by atoms with E-state index in [0.29, 0.717) is 43.1 Å². The van der Waals surface area contributed by atoms with Crippen LogP contribution in [-0.4, -0.2) is 79.2 Å². The van der Waals surface area contributed by atoms with Crippen LogP contribution < -0.4 is 14.8 Å². The van der Waals surface area contributed by atoms with Gasteiger partial charge in [0.15, 0.2) is 11.5 Å². The molecule has 1 N–H and O–H groups in total. The number of piperidine rings is 1. The predicted molar refractivity (Wildman–Crippen MR) is 158 cm³/mol. The van der Waals surface area contributed by atoms with Gasteiger partial charge in [0, 0.05) is 44.1 Å². The number of carbonyl (C=O) groups is 4. The molecule has 0 aromatic heterocycles. The Morgan fingerprint density at radius 3 is 2.66 bits per heavy atom. The van der Waals surface area contributed by atoms with Crippen LogP contribution >= 0.6 is 0 Å². The molecule has 6 rings (SSSR count). The molecule has 4 heterocycles. The molecule has 11 nitrogen and oxygen atoms in total. The lowest BCUT2D eigenvalue weighted by molar-refractivity contribution is -0.182. The van der Waals surface area contributed by atoms with Crippen LogP contribution in [0.2, 0.25) is 0 Å². The number of nitrogens with one attached hydrogen (secondary N) is 1. The highest BCUT2D eigenvalue weighted by atomic mass is 16.7. The maximum absolute atomic E-state index is 14.3. The molecule has 3 amide bonds. The Labute approximate surface area is 258 Å². The van der Waals surface area contributed by atoms with Crippen LogP contribution in [0.4, 0.5) is 0 Å². The normalized spacial score (nSPS) is 27.8. The molecule has 0 radical (unpaired) electrons. The van der Waals surface area contributed by atoms with Crippen molar-refractivity contribution in [2.45, 2.75) is 77.5 Å². The highest BCUT2D eigenvalue weighted by molar-refractivity contribution is 5.93. The monoisotopic (exact) mass is 609 g/mol. The number of esters is 1. The van der Waals surface area contributed by atoms with E-state index >= 15 is 0 Å². The minimum absolute atomic E-state index is 0.0594. The van der Waals surface area contributed by atoms with Crippen molar-refractivity contribution in [3.63, 3.8) is 0 Å². The minimum Gasteiger partial charge on any atom is -0.468 e. The fourth-order valence-electron chi connectivity index (χ4n) is 7.17. The number of ether oxygens (including phenoxy) is 4. The SMILES string of the molecule is COC(=O)[C@]12C[C@H](CC(=O)NCCCN3CCCC3=O)C(=O)N(Cc3ccc4c(c3)OCO4)C1=C[C@H](C(C)C)O[C@@H]2C1CC1. The Bertz CT molecular complexity index is 1340. The number of likely N-dealkylation sites (tertiary alicyclic amines) is 2. The van der Waals surface area contributed by atoms with Gasteiger partial charge in [-0.15, -0.1) is 0 Å². The van der Waals surface area contributed by atoms with Gasteiger partial charge in [-0.1, -0.05) is 19.9 Å². The number of benzene rings is 1. The second-order valence-corrected chi connectivity index (χ2v) is 13.0. The van der Waals surface area contributed by atoms with Crippen molar-refractivity contribution in [2.24, 2.45) is 23.2 Å². The van der Waals surface area contributed by atoms with Gasteiger partial charge in [-0.2, -0.15) is 0 Å². The van der Waals surface area contributed by atoms with Crippen LogP contribution in [0.15, 0.2) is 30.0 Å². The number of rotatable bonds is 11. The van der Waals surface area contributed by atoms with Gasteiger partial charge in [0.1, 0.15) is 5.41 Å².